The summed E-state index contributed by atoms with van der Waals surface area (Å²) < 4.78 is 5.55. The molecule has 1 saturated carbocycles. The van der Waals surface area contributed by atoms with Crippen LogP contribution in [0.1, 0.15) is 66.4 Å². The van der Waals surface area contributed by atoms with Crippen molar-refractivity contribution in [2.75, 3.05) is 13.2 Å². The molecule has 3 heterocycles. The summed E-state index contributed by atoms with van der Waals surface area (Å²) in [5.74, 6) is 0.494. The lowest BCUT2D eigenvalue weighted by molar-refractivity contribution is -0.126. The van der Waals surface area contributed by atoms with Crippen molar-refractivity contribution in [2.24, 2.45) is 5.92 Å². The van der Waals surface area contributed by atoms with Crippen molar-refractivity contribution in [3.05, 3.63) is 47.2 Å². The first-order valence-corrected chi connectivity index (χ1v) is 11.8. The normalized spacial score (nSPS) is 31.1. The van der Waals surface area contributed by atoms with Crippen LogP contribution in [0.4, 0.5) is 0 Å². The van der Waals surface area contributed by atoms with Crippen molar-refractivity contribution >= 4 is 11.8 Å². The SMILES string of the molecule is C=C1CCC(N2Cc3cc(C[C@H]4CCCC[C@@H]4N[C@H]4CCOC4)ccc3C2=O)C(=O)N1. The highest BCUT2D eigenvalue weighted by Crippen LogP contribution is 2.32. The lowest BCUT2D eigenvalue weighted by Crippen LogP contribution is -2.49. The Morgan fingerprint density at radius 3 is 2.84 bits per heavy atom. The molecule has 4 atom stereocenters. The fourth-order valence-electron chi connectivity index (χ4n) is 5.78. The Kier molecular flexibility index (Phi) is 5.85. The van der Waals surface area contributed by atoms with Gasteiger partial charge in [0.2, 0.25) is 5.91 Å². The minimum atomic E-state index is -0.394. The van der Waals surface area contributed by atoms with Crippen molar-refractivity contribution in [1.82, 2.24) is 15.5 Å². The van der Waals surface area contributed by atoms with Gasteiger partial charge in [0.15, 0.2) is 0 Å². The Morgan fingerprint density at radius 1 is 1.16 bits per heavy atom. The monoisotopic (exact) mass is 423 g/mol. The van der Waals surface area contributed by atoms with Gasteiger partial charge < -0.3 is 20.3 Å². The van der Waals surface area contributed by atoms with Gasteiger partial charge in [-0.05, 0) is 61.6 Å². The zero-order chi connectivity index (χ0) is 21.4. The molecule has 0 aromatic heterocycles. The molecule has 6 nitrogen and oxygen atoms in total. The van der Waals surface area contributed by atoms with Crippen molar-refractivity contribution in [2.45, 2.75) is 76.0 Å². The molecular weight excluding hydrogens is 390 g/mol. The summed E-state index contributed by atoms with van der Waals surface area (Å²) in [4.78, 5) is 27.1. The predicted octanol–water partition coefficient (Wildman–Crippen LogP) is 2.91. The van der Waals surface area contributed by atoms with Gasteiger partial charge in [0.1, 0.15) is 6.04 Å². The van der Waals surface area contributed by atoms with Gasteiger partial charge in [-0.15, -0.1) is 0 Å². The number of carbonyl (C=O) groups is 2. The number of allylic oxidation sites excluding steroid dienone is 1. The Hall–Kier alpha value is -2.18. The van der Waals surface area contributed by atoms with Gasteiger partial charge in [-0.25, -0.2) is 0 Å². The summed E-state index contributed by atoms with van der Waals surface area (Å²) >= 11 is 0. The van der Waals surface area contributed by atoms with Crippen molar-refractivity contribution in [1.29, 1.82) is 0 Å². The Balaban J connectivity index is 1.27. The number of benzene rings is 1. The van der Waals surface area contributed by atoms with Crippen LogP contribution in [0.25, 0.3) is 0 Å². The van der Waals surface area contributed by atoms with E-state index in [2.05, 4.69) is 29.3 Å². The van der Waals surface area contributed by atoms with Gasteiger partial charge in [-0.1, -0.05) is 31.6 Å². The average Bonchev–Trinajstić information content (AvgIpc) is 3.37. The molecule has 1 aliphatic carbocycles. The molecule has 2 saturated heterocycles. The molecule has 5 rings (SSSR count). The van der Waals surface area contributed by atoms with Gasteiger partial charge in [0.25, 0.3) is 5.91 Å². The quantitative estimate of drug-likeness (QED) is 0.764. The van der Waals surface area contributed by atoms with E-state index in [-0.39, 0.29) is 11.8 Å². The highest BCUT2D eigenvalue weighted by molar-refractivity contribution is 6.01. The van der Waals surface area contributed by atoms with E-state index in [1.165, 1.54) is 31.2 Å². The van der Waals surface area contributed by atoms with E-state index in [9.17, 15) is 9.59 Å². The average molecular weight is 424 g/mol. The minimum absolute atomic E-state index is 0.0207. The minimum Gasteiger partial charge on any atom is -0.380 e. The first-order chi connectivity index (χ1) is 15.1. The number of rotatable bonds is 5. The van der Waals surface area contributed by atoms with Crippen LogP contribution in [0.15, 0.2) is 30.5 Å². The third-order valence-corrected chi connectivity index (χ3v) is 7.49. The molecule has 4 aliphatic rings. The summed E-state index contributed by atoms with van der Waals surface area (Å²) in [7, 11) is 0. The standard InChI is InChI=1S/C25H33N3O3/c1-16-6-9-23(24(29)26-16)28-14-19-13-17(7-8-21(19)25(28)30)12-18-4-2-3-5-22(18)27-20-10-11-31-15-20/h7-8,13,18,20,22-23,27H,1-6,9-12,14-15H2,(H,26,29)/t18-,20+,22+,23?/m1/s1. The molecule has 6 heteroatoms. The van der Waals surface area contributed by atoms with E-state index in [1.54, 1.807) is 4.90 Å². The molecule has 0 radical (unpaired) electrons. The summed E-state index contributed by atoms with van der Waals surface area (Å²) in [5, 5.41) is 6.68. The number of nitrogens with zero attached hydrogens (tertiary/aromatic N) is 1. The largest absolute Gasteiger partial charge is 0.380 e. The summed E-state index contributed by atoms with van der Waals surface area (Å²) in [6.45, 7) is 6.08. The third kappa shape index (κ3) is 4.28. The fraction of sp³-hybridized carbons (Fsp3) is 0.600. The summed E-state index contributed by atoms with van der Waals surface area (Å²) in [6.07, 6.45) is 8.61. The molecule has 2 amide bonds. The Bertz CT molecular complexity index is 877. The molecule has 3 aliphatic heterocycles. The molecular formula is C25H33N3O3. The zero-order valence-electron chi connectivity index (χ0n) is 18.2. The summed E-state index contributed by atoms with van der Waals surface area (Å²) in [5.41, 5.74) is 3.86. The summed E-state index contributed by atoms with van der Waals surface area (Å²) in [6, 6.07) is 6.95. The van der Waals surface area contributed by atoms with Gasteiger partial charge >= 0.3 is 0 Å². The second-order valence-electron chi connectivity index (χ2n) is 9.65. The number of hydrogen-bond acceptors (Lipinski definition) is 4. The van der Waals surface area contributed by atoms with E-state index < -0.39 is 6.04 Å². The number of hydrogen-bond donors (Lipinski definition) is 2. The number of ether oxygens (including phenoxy) is 1. The molecule has 31 heavy (non-hydrogen) atoms. The molecule has 0 spiro atoms. The van der Waals surface area contributed by atoms with Crippen molar-refractivity contribution < 1.29 is 14.3 Å². The predicted molar refractivity (Wildman–Crippen MR) is 118 cm³/mol. The van der Waals surface area contributed by atoms with E-state index in [1.807, 2.05) is 6.07 Å². The Morgan fingerprint density at radius 2 is 2.03 bits per heavy atom. The van der Waals surface area contributed by atoms with Crippen LogP contribution in [-0.4, -0.2) is 48.1 Å². The molecule has 1 aromatic rings. The fourth-order valence-corrected chi connectivity index (χ4v) is 5.78. The molecule has 0 bridgehead atoms. The van der Waals surface area contributed by atoms with Gasteiger partial charge in [0.05, 0.1) is 6.61 Å². The second-order valence-corrected chi connectivity index (χ2v) is 9.65. The van der Waals surface area contributed by atoms with Crippen molar-refractivity contribution in [3.63, 3.8) is 0 Å². The van der Waals surface area contributed by atoms with E-state index in [0.29, 0.717) is 31.0 Å². The van der Waals surface area contributed by atoms with Crippen LogP contribution in [-0.2, 0) is 22.5 Å². The molecule has 2 N–H and O–H groups in total. The van der Waals surface area contributed by atoms with Crippen molar-refractivity contribution in [3.8, 4) is 0 Å². The first-order valence-electron chi connectivity index (χ1n) is 11.8. The molecule has 3 fully saturated rings. The zero-order valence-corrected chi connectivity index (χ0v) is 18.2. The molecule has 1 unspecified atom stereocenters. The third-order valence-electron chi connectivity index (χ3n) is 7.49. The van der Waals surface area contributed by atoms with Gasteiger partial charge in [0, 0.05) is 36.5 Å². The van der Waals surface area contributed by atoms with Gasteiger partial charge in [-0.2, -0.15) is 0 Å². The number of amides is 2. The number of piperidine rings is 1. The van der Waals surface area contributed by atoms with E-state index >= 15 is 0 Å². The maximum atomic E-state index is 13.0. The lowest BCUT2D eigenvalue weighted by Gasteiger charge is -2.34. The van der Waals surface area contributed by atoms with E-state index in [4.69, 9.17) is 4.74 Å². The van der Waals surface area contributed by atoms with Crippen LogP contribution in [0.2, 0.25) is 0 Å². The van der Waals surface area contributed by atoms with Gasteiger partial charge in [-0.3, -0.25) is 9.59 Å². The Labute approximate surface area is 184 Å². The highest BCUT2D eigenvalue weighted by Gasteiger charge is 2.38. The number of nitrogens with one attached hydrogen (secondary N) is 2. The number of carbonyl (C=O) groups excluding carboxylic acids is 2. The van der Waals surface area contributed by atoms with Crippen LogP contribution in [0.3, 0.4) is 0 Å². The maximum absolute atomic E-state index is 13.0. The second kappa shape index (κ2) is 8.75. The van der Waals surface area contributed by atoms with Crippen LogP contribution in [0.5, 0.6) is 0 Å². The van der Waals surface area contributed by atoms with Crippen LogP contribution < -0.4 is 10.6 Å². The smallest absolute Gasteiger partial charge is 0.255 e. The number of fused-ring (bicyclic) bond motifs is 1. The maximum Gasteiger partial charge on any atom is 0.255 e. The highest BCUT2D eigenvalue weighted by atomic mass is 16.5. The first kappa shape index (κ1) is 20.7. The lowest BCUT2D eigenvalue weighted by atomic mass is 9.80. The van der Waals surface area contributed by atoms with Crippen LogP contribution >= 0.6 is 0 Å². The topological polar surface area (TPSA) is 70.7 Å². The molecule has 1 aromatic carbocycles. The van der Waals surface area contributed by atoms with E-state index in [0.717, 1.165) is 49.3 Å². The molecule has 166 valence electrons. The van der Waals surface area contributed by atoms with Crippen LogP contribution in [0, 0.1) is 5.92 Å².